The maximum Gasteiger partial charge on any atom is 0.255 e. The molecule has 0 saturated carbocycles. The Bertz CT molecular complexity index is 714. The highest BCUT2D eigenvalue weighted by atomic mass is 16.5. The molecule has 0 heterocycles. The maximum absolute atomic E-state index is 12.6. The Morgan fingerprint density at radius 3 is 2.32 bits per heavy atom. The van der Waals surface area contributed by atoms with Crippen molar-refractivity contribution < 1.29 is 14.3 Å². The van der Waals surface area contributed by atoms with Crippen molar-refractivity contribution in [2.75, 3.05) is 13.2 Å². The predicted octanol–water partition coefficient (Wildman–Crippen LogP) is 2.72. The van der Waals surface area contributed by atoms with E-state index in [2.05, 4.69) is 31.3 Å². The Kier molecular flexibility index (Phi) is 6.57. The van der Waals surface area contributed by atoms with E-state index in [1.54, 1.807) is 24.3 Å². The van der Waals surface area contributed by atoms with Gasteiger partial charge < -0.3 is 15.8 Å². The number of rotatable bonds is 8. The summed E-state index contributed by atoms with van der Waals surface area (Å²) in [5, 5.41) is 2.97. The number of carbonyl (C=O) groups is 2. The van der Waals surface area contributed by atoms with Crippen LogP contribution >= 0.6 is 0 Å². The largest absolute Gasteiger partial charge is 0.483 e. The van der Waals surface area contributed by atoms with E-state index in [9.17, 15) is 9.59 Å². The maximum atomic E-state index is 12.6. The van der Waals surface area contributed by atoms with Crippen molar-refractivity contribution in [3.8, 4) is 5.75 Å². The van der Waals surface area contributed by atoms with E-state index in [1.807, 2.05) is 18.2 Å². The Labute approximate surface area is 148 Å². The van der Waals surface area contributed by atoms with Crippen LogP contribution in [0.15, 0.2) is 54.6 Å². The molecular formula is C20H24N2O3. The molecule has 0 aliphatic heterocycles. The third-order valence-corrected chi connectivity index (χ3v) is 4.02. The fraction of sp³-hybridized carbons (Fsp3) is 0.300. The molecule has 0 bridgehead atoms. The van der Waals surface area contributed by atoms with Gasteiger partial charge in [0.05, 0.1) is 5.56 Å². The topological polar surface area (TPSA) is 81.4 Å². The predicted molar refractivity (Wildman–Crippen MR) is 97.5 cm³/mol. The van der Waals surface area contributed by atoms with Crippen molar-refractivity contribution in [1.29, 1.82) is 0 Å². The number of para-hydroxylation sites is 1. The lowest BCUT2D eigenvalue weighted by Crippen LogP contribution is -2.31. The number of amides is 2. The molecule has 0 saturated heterocycles. The van der Waals surface area contributed by atoms with Crippen LogP contribution in [0.3, 0.4) is 0 Å². The molecule has 5 heteroatoms. The highest BCUT2D eigenvalue weighted by molar-refractivity contribution is 5.97. The number of benzene rings is 2. The summed E-state index contributed by atoms with van der Waals surface area (Å²) in [4.78, 5) is 23.5. The summed E-state index contributed by atoms with van der Waals surface area (Å²) in [5.74, 6) is 0.119. The number of ether oxygens (including phenoxy) is 1. The second kappa shape index (κ2) is 8.87. The van der Waals surface area contributed by atoms with Gasteiger partial charge >= 0.3 is 0 Å². The van der Waals surface area contributed by atoms with Crippen molar-refractivity contribution in [3.63, 3.8) is 0 Å². The summed E-state index contributed by atoms with van der Waals surface area (Å²) in [5.41, 5.74) is 6.68. The minimum atomic E-state index is -0.584. The molecule has 25 heavy (non-hydrogen) atoms. The molecule has 5 nitrogen and oxygen atoms in total. The van der Waals surface area contributed by atoms with E-state index in [0.717, 1.165) is 0 Å². The van der Waals surface area contributed by atoms with Gasteiger partial charge in [-0.2, -0.15) is 0 Å². The highest BCUT2D eigenvalue weighted by Crippen LogP contribution is 2.24. The van der Waals surface area contributed by atoms with Crippen LogP contribution in [-0.4, -0.2) is 25.0 Å². The van der Waals surface area contributed by atoms with E-state index in [-0.39, 0.29) is 18.4 Å². The fourth-order valence-corrected chi connectivity index (χ4v) is 2.67. The monoisotopic (exact) mass is 340 g/mol. The molecule has 3 N–H and O–H groups in total. The second-order valence-electron chi connectivity index (χ2n) is 6.22. The first-order valence-corrected chi connectivity index (χ1v) is 8.32. The molecule has 1 atom stereocenters. The minimum Gasteiger partial charge on any atom is -0.483 e. The van der Waals surface area contributed by atoms with Crippen molar-refractivity contribution >= 4 is 11.8 Å². The molecule has 0 radical (unpaired) electrons. The van der Waals surface area contributed by atoms with Gasteiger partial charge in [0.1, 0.15) is 5.75 Å². The highest BCUT2D eigenvalue weighted by Gasteiger charge is 2.18. The third kappa shape index (κ3) is 5.35. The summed E-state index contributed by atoms with van der Waals surface area (Å²) in [6, 6.07) is 16.9. The molecule has 132 valence electrons. The Hall–Kier alpha value is -2.82. The second-order valence-corrected chi connectivity index (χ2v) is 6.22. The van der Waals surface area contributed by atoms with Gasteiger partial charge in [-0.1, -0.05) is 56.3 Å². The average molecular weight is 340 g/mol. The zero-order valence-corrected chi connectivity index (χ0v) is 14.6. The number of primary amides is 1. The lowest BCUT2D eigenvalue weighted by Gasteiger charge is -2.22. The van der Waals surface area contributed by atoms with Crippen LogP contribution in [0.5, 0.6) is 5.75 Å². The molecule has 0 aromatic heterocycles. The lowest BCUT2D eigenvalue weighted by atomic mass is 9.88. The fourth-order valence-electron chi connectivity index (χ4n) is 2.67. The van der Waals surface area contributed by atoms with Gasteiger partial charge in [-0.15, -0.1) is 0 Å². The SMILES string of the molecule is CC(C)[C@H](CNC(=O)c1ccccc1OCC(N)=O)c1ccccc1. The average Bonchev–Trinajstić information content (AvgIpc) is 2.61. The van der Waals surface area contributed by atoms with Crippen molar-refractivity contribution in [2.45, 2.75) is 19.8 Å². The summed E-state index contributed by atoms with van der Waals surface area (Å²) in [6.45, 7) is 4.52. The van der Waals surface area contributed by atoms with Crippen molar-refractivity contribution in [1.82, 2.24) is 5.32 Å². The Balaban J connectivity index is 2.07. The van der Waals surface area contributed by atoms with E-state index in [4.69, 9.17) is 10.5 Å². The number of hydrogen-bond donors (Lipinski definition) is 2. The summed E-state index contributed by atoms with van der Waals surface area (Å²) in [6.07, 6.45) is 0. The molecule has 0 aliphatic rings. The molecule has 2 rings (SSSR count). The van der Waals surface area contributed by atoms with Crippen LogP contribution in [0.2, 0.25) is 0 Å². The molecule has 0 aliphatic carbocycles. The van der Waals surface area contributed by atoms with Gasteiger partial charge in [-0.05, 0) is 23.6 Å². The van der Waals surface area contributed by atoms with Crippen molar-refractivity contribution in [2.24, 2.45) is 11.7 Å². The van der Waals surface area contributed by atoms with E-state index in [1.165, 1.54) is 5.56 Å². The van der Waals surface area contributed by atoms with Crippen LogP contribution in [0.25, 0.3) is 0 Å². The number of carbonyl (C=O) groups excluding carboxylic acids is 2. The standard InChI is InChI=1S/C20H24N2O3/c1-14(2)17(15-8-4-3-5-9-15)12-22-20(24)16-10-6-7-11-18(16)25-13-19(21)23/h3-11,14,17H,12-13H2,1-2H3,(H2,21,23)(H,22,24)/t17-/m0/s1. The van der Waals surface area contributed by atoms with Crippen LogP contribution in [0.4, 0.5) is 0 Å². The van der Waals surface area contributed by atoms with E-state index in [0.29, 0.717) is 23.8 Å². The molecule has 2 aromatic rings. The van der Waals surface area contributed by atoms with Gasteiger partial charge in [-0.25, -0.2) is 0 Å². The summed E-state index contributed by atoms with van der Waals surface area (Å²) < 4.78 is 5.32. The molecular weight excluding hydrogens is 316 g/mol. The summed E-state index contributed by atoms with van der Waals surface area (Å²) in [7, 11) is 0. The van der Waals surface area contributed by atoms with Gasteiger partial charge in [0.15, 0.2) is 6.61 Å². The van der Waals surface area contributed by atoms with Gasteiger partial charge in [0, 0.05) is 12.5 Å². The smallest absolute Gasteiger partial charge is 0.255 e. The lowest BCUT2D eigenvalue weighted by molar-refractivity contribution is -0.119. The zero-order valence-electron chi connectivity index (χ0n) is 14.6. The van der Waals surface area contributed by atoms with Crippen LogP contribution in [-0.2, 0) is 4.79 Å². The summed E-state index contributed by atoms with van der Waals surface area (Å²) >= 11 is 0. The van der Waals surface area contributed by atoms with Crippen LogP contribution in [0.1, 0.15) is 35.7 Å². The zero-order chi connectivity index (χ0) is 18.2. The normalized spacial score (nSPS) is 11.8. The Morgan fingerprint density at radius 2 is 1.68 bits per heavy atom. The van der Waals surface area contributed by atoms with E-state index < -0.39 is 5.91 Å². The molecule has 2 aromatic carbocycles. The van der Waals surface area contributed by atoms with Gasteiger partial charge in [0.25, 0.3) is 11.8 Å². The first kappa shape index (κ1) is 18.5. The molecule has 2 amide bonds. The molecule has 0 unspecified atom stereocenters. The first-order chi connectivity index (χ1) is 12.0. The van der Waals surface area contributed by atoms with Crippen molar-refractivity contribution in [3.05, 3.63) is 65.7 Å². The number of hydrogen-bond acceptors (Lipinski definition) is 3. The van der Waals surface area contributed by atoms with Crippen LogP contribution in [0, 0.1) is 5.92 Å². The third-order valence-electron chi connectivity index (χ3n) is 4.02. The van der Waals surface area contributed by atoms with Crippen LogP contribution < -0.4 is 15.8 Å². The quantitative estimate of drug-likeness (QED) is 0.775. The minimum absolute atomic E-state index is 0.212. The van der Waals surface area contributed by atoms with Gasteiger partial charge in [-0.3, -0.25) is 9.59 Å². The molecule has 0 fully saturated rings. The number of nitrogens with two attached hydrogens (primary N) is 1. The number of nitrogens with one attached hydrogen (secondary N) is 1. The van der Waals surface area contributed by atoms with E-state index >= 15 is 0 Å². The Morgan fingerprint density at radius 1 is 1.04 bits per heavy atom. The molecule has 0 spiro atoms. The van der Waals surface area contributed by atoms with Gasteiger partial charge in [0.2, 0.25) is 0 Å². The first-order valence-electron chi connectivity index (χ1n) is 8.32.